The lowest BCUT2D eigenvalue weighted by Gasteiger charge is -2.38. The first-order valence-corrected chi connectivity index (χ1v) is 5.61. The van der Waals surface area contributed by atoms with E-state index in [2.05, 4.69) is 11.0 Å². The summed E-state index contributed by atoms with van der Waals surface area (Å²) in [4.78, 5) is 12.7. The number of rotatable bonds is 4. The van der Waals surface area contributed by atoms with Crippen LogP contribution >= 0.6 is 0 Å². The van der Waals surface area contributed by atoms with Crippen LogP contribution in [0, 0.1) is 17.2 Å². The predicted molar refractivity (Wildman–Crippen MR) is 62.2 cm³/mol. The first kappa shape index (κ1) is 11.6. The lowest BCUT2D eigenvalue weighted by molar-refractivity contribution is -0.139. The molecule has 1 fully saturated rings. The third kappa shape index (κ3) is 2.83. The van der Waals surface area contributed by atoms with E-state index in [1.807, 2.05) is 24.3 Å². The molecule has 1 N–H and O–H groups in total. The summed E-state index contributed by atoms with van der Waals surface area (Å²) in [7, 11) is 0. The number of carboxylic acid groups (broad SMARTS) is 1. The molecule has 0 atom stereocenters. The molecule has 0 saturated carbocycles. The lowest BCUT2D eigenvalue weighted by atomic mass is 9.95. The van der Waals surface area contributed by atoms with Crippen molar-refractivity contribution in [2.24, 2.45) is 5.92 Å². The van der Waals surface area contributed by atoms with Gasteiger partial charge in [0.25, 0.3) is 0 Å². The highest BCUT2D eigenvalue weighted by Crippen LogP contribution is 2.22. The topological polar surface area (TPSA) is 64.3 Å². The third-order valence-corrected chi connectivity index (χ3v) is 3.03. The average molecular weight is 230 g/mol. The standard InChI is InChI=1S/C13H14N2O2/c14-6-11-3-1-2-4-12(11)9-15-7-10(8-15)5-13(16)17/h1-4,10H,5,7-9H2,(H,16,17). The molecule has 4 heteroatoms. The average Bonchev–Trinajstić information content (AvgIpc) is 2.26. The first-order chi connectivity index (χ1) is 8.19. The zero-order valence-corrected chi connectivity index (χ0v) is 9.47. The highest BCUT2D eigenvalue weighted by atomic mass is 16.4. The zero-order chi connectivity index (χ0) is 12.3. The fourth-order valence-corrected chi connectivity index (χ4v) is 2.19. The van der Waals surface area contributed by atoms with Gasteiger partial charge in [-0.15, -0.1) is 0 Å². The van der Waals surface area contributed by atoms with Crippen molar-refractivity contribution in [3.05, 3.63) is 35.4 Å². The van der Waals surface area contributed by atoms with Gasteiger partial charge in [0.05, 0.1) is 18.1 Å². The molecular formula is C13H14N2O2. The maximum absolute atomic E-state index is 10.5. The minimum absolute atomic E-state index is 0.246. The zero-order valence-electron chi connectivity index (χ0n) is 9.47. The molecule has 4 nitrogen and oxygen atoms in total. The van der Waals surface area contributed by atoms with Crippen molar-refractivity contribution in [1.29, 1.82) is 5.26 Å². The normalized spacial score (nSPS) is 16.2. The fourth-order valence-electron chi connectivity index (χ4n) is 2.19. The minimum atomic E-state index is -0.730. The number of carboxylic acids is 1. The van der Waals surface area contributed by atoms with Gasteiger partial charge in [-0.05, 0) is 17.5 Å². The Kier molecular flexibility index (Phi) is 3.40. The number of carbonyl (C=O) groups is 1. The summed E-state index contributed by atoms with van der Waals surface area (Å²) < 4.78 is 0. The van der Waals surface area contributed by atoms with Gasteiger partial charge in [0.1, 0.15) is 0 Å². The number of likely N-dealkylation sites (tertiary alicyclic amines) is 1. The molecule has 0 bridgehead atoms. The van der Waals surface area contributed by atoms with Gasteiger partial charge in [-0.2, -0.15) is 5.26 Å². The van der Waals surface area contributed by atoms with Crippen LogP contribution in [0.5, 0.6) is 0 Å². The molecule has 0 aromatic heterocycles. The van der Waals surface area contributed by atoms with E-state index in [-0.39, 0.29) is 12.3 Å². The third-order valence-electron chi connectivity index (χ3n) is 3.03. The van der Waals surface area contributed by atoms with Crippen molar-refractivity contribution < 1.29 is 9.90 Å². The van der Waals surface area contributed by atoms with Gasteiger partial charge in [0, 0.05) is 19.6 Å². The van der Waals surface area contributed by atoms with Crippen LogP contribution in [0.3, 0.4) is 0 Å². The van der Waals surface area contributed by atoms with Crippen molar-refractivity contribution in [1.82, 2.24) is 4.90 Å². The largest absolute Gasteiger partial charge is 0.481 e. The summed E-state index contributed by atoms with van der Waals surface area (Å²) in [5, 5.41) is 17.6. The Bertz CT molecular complexity index is 459. The number of nitriles is 1. The molecule has 0 unspecified atom stereocenters. The Labute approximate surface area is 100 Å². The summed E-state index contributed by atoms with van der Waals surface area (Å²) >= 11 is 0. The molecule has 0 radical (unpaired) electrons. The van der Waals surface area contributed by atoms with Crippen molar-refractivity contribution in [2.75, 3.05) is 13.1 Å². The summed E-state index contributed by atoms with van der Waals surface area (Å²) in [5.74, 6) is -0.464. The second kappa shape index (κ2) is 4.98. The Morgan fingerprint density at radius 1 is 1.47 bits per heavy atom. The molecule has 1 aliphatic heterocycles. The summed E-state index contributed by atoms with van der Waals surface area (Å²) in [6, 6.07) is 9.70. The van der Waals surface area contributed by atoms with Crippen molar-refractivity contribution in [2.45, 2.75) is 13.0 Å². The highest BCUT2D eigenvalue weighted by Gasteiger charge is 2.28. The second-order valence-electron chi connectivity index (χ2n) is 4.43. The first-order valence-electron chi connectivity index (χ1n) is 5.61. The van der Waals surface area contributed by atoms with Crippen LogP contribution in [0.1, 0.15) is 17.5 Å². The van der Waals surface area contributed by atoms with Gasteiger partial charge in [0.15, 0.2) is 0 Å². The Morgan fingerprint density at radius 3 is 2.82 bits per heavy atom. The second-order valence-corrected chi connectivity index (χ2v) is 4.43. The van der Waals surface area contributed by atoms with Gasteiger partial charge >= 0.3 is 5.97 Å². The number of hydrogen-bond donors (Lipinski definition) is 1. The summed E-state index contributed by atoms with van der Waals surface area (Å²) in [6.07, 6.45) is 0.246. The van der Waals surface area contributed by atoms with Crippen LogP contribution in [0.15, 0.2) is 24.3 Å². The lowest BCUT2D eigenvalue weighted by Crippen LogP contribution is -2.46. The maximum atomic E-state index is 10.5. The number of benzene rings is 1. The van der Waals surface area contributed by atoms with E-state index in [9.17, 15) is 4.79 Å². The Balaban J connectivity index is 1.88. The number of aliphatic carboxylic acids is 1. The molecule has 1 aromatic carbocycles. The molecule has 17 heavy (non-hydrogen) atoms. The molecule has 0 aliphatic carbocycles. The summed E-state index contributed by atoms with van der Waals surface area (Å²) in [6.45, 7) is 2.36. The van der Waals surface area contributed by atoms with Gasteiger partial charge in [0.2, 0.25) is 0 Å². The smallest absolute Gasteiger partial charge is 0.303 e. The molecular weight excluding hydrogens is 216 g/mol. The Morgan fingerprint density at radius 2 is 2.18 bits per heavy atom. The van der Waals surface area contributed by atoms with Gasteiger partial charge in [-0.3, -0.25) is 9.69 Å². The number of nitrogens with zero attached hydrogens (tertiary/aromatic N) is 2. The highest BCUT2D eigenvalue weighted by molar-refractivity contribution is 5.67. The van der Waals surface area contributed by atoms with E-state index in [0.29, 0.717) is 5.56 Å². The molecule has 88 valence electrons. The molecule has 1 aliphatic rings. The van der Waals surface area contributed by atoms with Crippen LogP contribution in [0.4, 0.5) is 0 Å². The van der Waals surface area contributed by atoms with Crippen LogP contribution < -0.4 is 0 Å². The van der Waals surface area contributed by atoms with E-state index in [1.165, 1.54) is 0 Å². The van der Waals surface area contributed by atoms with Gasteiger partial charge < -0.3 is 5.11 Å². The van der Waals surface area contributed by atoms with E-state index in [1.54, 1.807) is 0 Å². The van der Waals surface area contributed by atoms with E-state index < -0.39 is 5.97 Å². The monoisotopic (exact) mass is 230 g/mol. The van der Waals surface area contributed by atoms with Crippen molar-refractivity contribution >= 4 is 5.97 Å². The van der Waals surface area contributed by atoms with Gasteiger partial charge in [-0.1, -0.05) is 18.2 Å². The Hall–Kier alpha value is -1.86. The van der Waals surface area contributed by atoms with Gasteiger partial charge in [-0.25, -0.2) is 0 Å². The molecule has 0 amide bonds. The van der Waals surface area contributed by atoms with Crippen LogP contribution in [-0.4, -0.2) is 29.1 Å². The summed E-state index contributed by atoms with van der Waals surface area (Å²) in [5.41, 5.74) is 1.72. The molecule has 2 rings (SSSR count). The van der Waals surface area contributed by atoms with Crippen molar-refractivity contribution in [3.8, 4) is 6.07 Å². The quantitative estimate of drug-likeness (QED) is 0.850. The number of hydrogen-bond acceptors (Lipinski definition) is 3. The molecule has 1 heterocycles. The predicted octanol–water partition coefficient (Wildman–Crippen LogP) is 1.46. The van der Waals surface area contributed by atoms with E-state index >= 15 is 0 Å². The fraction of sp³-hybridized carbons (Fsp3) is 0.385. The van der Waals surface area contributed by atoms with E-state index in [4.69, 9.17) is 10.4 Å². The van der Waals surface area contributed by atoms with E-state index in [0.717, 1.165) is 25.2 Å². The van der Waals surface area contributed by atoms with Crippen molar-refractivity contribution in [3.63, 3.8) is 0 Å². The molecule has 1 aromatic rings. The van der Waals surface area contributed by atoms with Crippen LogP contribution in [0.2, 0.25) is 0 Å². The molecule has 0 spiro atoms. The van der Waals surface area contributed by atoms with Crippen LogP contribution in [-0.2, 0) is 11.3 Å². The maximum Gasteiger partial charge on any atom is 0.303 e. The van der Waals surface area contributed by atoms with Crippen LogP contribution in [0.25, 0.3) is 0 Å². The SMILES string of the molecule is N#Cc1ccccc1CN1CC(CC(=O)O)C1. The molecule has 1 saturated heterocycles. The minimum Gasteiger partial charge on any atom is -0.481 e.